The van der Waals surface area contributed by atoms with Gasteiger partial charge in [0.05, 0.1) is 11.8 Å². The van der Waals surface area contributed by atoms with Gasteiger partial charge in [-0.3, -0.25) is 14.6 Å². The number of nitrogens with zero attached hydrogens (tertiary/aromatic N) is 2. The van der Waals surface area contributed by atoms with Crippen LogP contribution in [0.15, 0.2) is 73.1 Å². The Morgan fingerprint density at radius 2 is 1.82 bits per heavy atom. The number of carbonyl (C=O) groups is 2. The van der Waals surface area contributed by atoms with E-state index in [-0.39, 0.29) is 11.8 Å². The number of piperidine rings is 1. The van der Waals surface area contributed by atoms with Gasteiger partial charge >= 0.3 is 0 Å². The average molecular weight is 442 g/mol. The smallest absolute Gasteiger partial charge is 0.228 e. The summed E-state index contributed by atoms with van der Waals surface area (Å²) < 4.78 is 0. The summed E-state index contributed by atoms with van der Waals surface area (Å²) in [5, 5.41) is 2.87. The van der Waals surface area contributed by atoms with Gasteiger partial charge in [0.2, 0.25) is 11.8 Å². The third kappa shape index (κ3) is 5.30. The standard InChI is InChI=1S/C28H31N3O2/c1-21-7-3-8-22(15-21)17-26(32)31-14-6-12-28(20-31,27(33)29-2)18-23-9-4-10-24(16-23)25-11-5-13-30-19-25/h3-5,7-11,13,15-16,19H,6,12,14,17-18,20H2,1-2H3,(H,29,33)/t28-/m0/s1. The minimum absolute atomic E-state index is 0.00216. The van der Waals surface area contributed by atoms with Gasteiger partial charge < -0.3 is 10.2 Å². The molecule has 2 heterocycles. The quantitative estimate of drug-likeness (QED) is 0.624. The predicted molar refractivity (Wildman–Crippen MR) is 131 cm³/mol. The molecule has 0 spiro atoms. The summed E-state index contributed by atoms with van der Waals surface area (Å²) in [6.45, 7) is 3.17. The number of hydrogen-bond donors (Lipinski definition) is 1. The number of carbonyl (C=O) groups excluding carboxylic acids is 2. The summed E-state index contributed by atoms with van der Waals surface area (Å²) in [5.74, 6) is 0.0834. The summed E-state index contributed by atoms with van der Waals surface area (Å²) in [6, 6.07) is 20.3. The van der Waals surface area contributed by atoms with Gasteiger partial charge in [0, 0.05) is 32.5 Å². The first-order valence-corrected chi connectivity index (χ1v) is 11.5. The highest BCUT2D eigenvalue weighted by Gasteiger charge is 2.43. The monoisotopic (exact) mass is 441 g/mol. The summed E-state index contributed by atoms with van der Waals surface area (Å²) in [6.07, 6.45) is 6.14. The van der Waals surface area contributed by atoms with Crippen molar-refractivity contribution in [2.75, 3.05) is 20.1 Å². The van der Waals surface area contributed by atoms with E-state index in [0.717, 1.165) is 40.7 Å². The molecule has 2 amide bonds. The van der Waals surface area contributed by atoms with E-state index in [1.165, 1.54) is 0 Å². The molecule has 2 aromatic carbocycles. The second-order valence-corrected chi connectivity index (χ2v) is 9.06. The molecule has 0 radical (unpaired) electrons. The largest absolute Gasteiger partial charge is 0.359 e. The number of hydrogen-bond acceptors (Lipinski definition) is 3. The number of rotatable bonds is 6. The maximum atomic E-state index is 13.2. The maximum absolute atomic E-state index is 13.2. The second-order valence-electron chi connectivity index (χ2n) is 9.06. The van der Waals surface area contributed by atoms with E-state index >= 15 is 0 Å². The Kier molecular flexibility index (Phi) is 6.87. The highest BCUT2D eigenvalue weighted by molar-refractivity contribution is 5.85. The fourth-order valence-corrected chi connectivity index (χ4v) is 4.91. The lowest BCUT2D eigenvalue weighted by molar-refractivity contribution is -0.141. The van der Waals surface area contributed by atoms with Crippen molar-refractivity contribution in [3.63, 3.8) is 0 Å². The molecular weight excluding hydrogens is 410 g/mol. The van der Waals surface area contributed by atoms with E-state index in [9.17, 15) is 9.59 Å². The van der Waals surface area contributed by atoms with Crippen LogP contribution in [-0.2, 0) is 22.4 Å². The van der Waals surface area contributed by atoms with Gasteiger partial charge in [-0.1, -0.05) is 60.2 Å². The summed E-state index contributed by atoms with van der Waals surface area (Å²) in [4.78, 5) is 32.4. The van der Waals surface area contributed by atoms with Gasteiger partial charge in [-0.05, 0) is 54.5 Å². The first-order valence-electron chi connectivity index (χ1n) is 11.5. The molecule has 1 aliphatic rings. The zero-order chi connectivity index (χ0) is 23.3. The van der Waals surface area contributed by atoms with Gasteiger partial charge in [-0.2, -0.15) is 0 Å². The van der Waals surface area contributed by atoms with Crippen LogP contribution in [0.2, 0.25) is 0 Å². The first kappa shape index (κ1) is 22.7. The number of aromatic nitrogens is 1. The van der Waals surface area contributed by atoms with Gasteiger partial charge in [0.15, 0.2) is 0 Å². The Labute approximate surface area is 195 Å². The van der Waals surface area contributed by atoms with Crippen LogP contribution in [0, 0.1) is 12.3 Å². The highest BCUT2D eigenvalue weighted by atomic mass is 16.2. The minimum atomic E-state index is -0.636. The second kappa shape index (κ2) is 9.99. The SMILES string of the molecule is CNC(=O)[C@]1(Cc2cccc(-c3cccnc3)c2)CCCN(C(=O)Cc2cccc(C)c2)C1. The molecule has 5 nitrogen and oxygen atoms in total. The highest BCUT2D eigenvalue weighted by Crippen LogP contribution is 2.35. The number of aryl methyl sites for hydroxylation is 1. The molecule has 170 valence electrons. The number of nitrogens with one attached hydrogen (secondary N) is 1. The molecule has 3 aromatic rings. The van der Waals surface area contributed by atoms with Crippen molar-refractivity contribution in [2.45, 2.75) is 32.6 Å². The van der Waals surface area contributed by atoms with Crippen molar-refractivity contribution in [3.8, 4) is 11.1 Å². The van der Waals surface area contributed by atoms with Crippen LogP contribution < -0.4 is 5.32 Å². The fourth-order valence-electron chi connectivity index (χ4n) is 4.91. The molecule has 1 aromatic heterocycles. The zero-order valence-electron chi connectivity index (χ0n) is 19.4. The molecule has 0 unspecified atom stereocenters. The van der Waals surface area contributed by atoms with E-state index < -0.39 is 5.41 Å². The van der Waals surface area contributed by atoms with Crippen LogP contribution in [0.5, 0.6) is 0 Å². The Hall–Kier alpha value is -3.47. The van der Waals surface area contributed by atoms with Crippen LogP contribution in [0.25, 0.3) is 11.1 Å². The summed E-state index contributed by atoms with van der Waals surface area (Å²) in [5.41, 5.74) is 4.74. The van der Waals surface area contributed by atoms with Crippen molar-refractivity contribution in [3.05, 3.63) is 89.7 Å². The summed E-state index contributed by atoms with van der Waals surface area (Å²) in [7, 11) is 1.68. The predicted octanol–water partition coefficient (Wildman–Crippen LogP) is 4.20. The van der Waals surface area contributed by atoms with E-state index in [2.05, 4.69) is 34.6 Å². The van der Waals surface area contributed by atoms with Gasteiger partial charge in [0.25, 0.3) is 0 Å². The Balaban J connectivity index is 1.56. The van der Waals surface area contributed by atoms with Crippen molar-refractivity contribution < 1.29 is 9.59 Å². The Bertz CT molecular complexity index is 1130. The first-order chi connectivity index (χ1) is 16.0. The van der Waals surface area contributed by atoms with E-state index in [4.69, 9.17) is 0 Å². The molecule has 1 fully saturated rings. The molecule has 33 heavy (non-hydrogen) atoms. The van der Waals surface area contributed by atoms with Crippen LogP contribution in [-0.4, -0.2) is 41.8 Å². The van der Waals surface area contributed by atoms with Gasteiger partial charge in [0.1, 0.15) is 0 Å². The van der Waals surface area contributed by atoms with Crippen molar-refractivity contribution >= 4 is 11.8 Å². The zero-order valence-corrected chi connectivity index (χ0v) is 19.4. The number of amides is 2. The van der Waals surface area contributed by atoms with Crippen LogP contribution in [0.1, 0.15) is 29.5 Å². The van der Waals surface area contributed by atoms with Crippen LogP contribution in [0.3, 0.4) is 0 Å². The molecule has 1 N–H and O–H groups in total. The average Bonchev–Trinajstić information content (AvgIpc) is 2.84. The van der Waals surface area contributed by atoms with Crippen molar-refractivity contribution in [1.29, 1.82) is 0 Å². The van der Waals surface area contributed by atoms with Crippen molar-refractivity contribution in [1.82, 2.24) is 15.2 Å². The van der Waals surface area contributed by atoms with E-state index in [0.29, 0.717) is 25.9 Å². The normalized spacial score (nSPS) is 18.1. The fraction of sp³-hybridized carbons (Fsp3) is 0.321. The molecule has 0 bridgehead atoms. The third-order valence-electron chi connectivity index (χ3n) is 6.54. The van der Waals surface area contributed by atoms with Gasteiger partial charge in [-0.25, -0.2) is 0 Å². The number of pyridine rings is 1. The molecule has 5 heteroatoms. The molecule has 1 saturated heterocycles. The molecule has 4 rings (SSSR count). The van der Waals surface area contributed by atoms with Gasteiger partial charge in [-0.15, -0.1) is 0 Å². The van der Waals surface area contributed by atoms with Crippen molar-refractivity contribution in [2.24, 2.45) is 5.41 Å². The lowest BCUT2D eigenvalue weighted by Gasteiger charge is -2.41. The summed E-state index contributed by atoms with van der Waals surface area (Å²) >= 11 is 0. The number of benzene rings is 2. The minimum Gasteiger partial charge on any atom is -0.359 e. The number of likely N-dealkylation sites (tertiary alicyclic amines) is 1. The molecule has 0 aliphatic carbocycles. The van der Waals surface area contributed by atoms with Crippen LogP contribution in [0.4, 0.5) is 0 Å². The van der Waals surface area contributed by atoms with E-state index in [1.54, 1.807) is 13.2 Å². The molecule has 1 atom stereocenters. The maximum Gasteiger partial charge on any atom is 0.228 e. The molecule has 0 saturated carbocycles. The Morgan fingerprint density at radius 3 is 2.58 bits per heavy atom. The molecular formula is C28H31N3O2. The van der Waals surface area contributed by atoms with E-state index in [1.807, 2.05) is 54.4 Å². The molecule has 1 aliphatic heterocycles. The van der Waals surface area contributed by atoms with Crippen LogP contribution >= 0.6 is 0 Å². The third-order valence-corrected chi connectivity index (χ3v) is 6.54. The Morgan fingerprint density at radius 1 is 1.03 bits per heavy atom. The lowest BCUT2D eigenvalue weighted by Crippen LogP contribution is -2.54. The topological polar surface area (TPSA) is 62.3 Å². The lowest BCUT2D eigenvalue weighted by atomic mass is 9.74.